The lowest BCUT2D eigenvalue weighted by Crippen LogP contribution is -2.62. The summed E-state index contributed by atoms with van der Waals surface area (Å²) in [5.74, 6) is -2.62. The van der Waals surface area contributed by atoms with Gasteiger partial charge in [0, 0.05) is 26.2 Å². The third-order valence-electron chi connectivity index (χ3n) is 11.0. The number of likely N-dealkylation sites (tertiary alicyclic amines) is 1. The number of carbonyl (C=O) groups excluding carboxylic acids is 6. The lowest BCUT2D eigenvalue weighted by molar-refractivity contribution is -0.145. The zero-order chi connectivity index (χ0) is 39.9. The van der Waals surface area contributed by atoms with Crippen molar-refractivity contribution < 1.29 is 28.8 Å². The summed E-state index contributed by atoms with van der Waals surface area (Å²) in [6.45, 7) is 15.6. The van der Waals surface area contributed by atoms with Crippen molar-refractivity contribution in [3.63, 3.8) is 0 Å². The fraction of sp³-hybridized carbons (Fsp3) is 0.625. The van der Waals surface area contributed by atoms with Crippen molar-refractivity contribution in [3.8, 4) is 10.4 Å². The second-order valence-corrected chi connectivity index (χ2v) is 19.1. The van der Waals surface area contributed by atoms with Crippen LogP contribution in [0.25, 0.3) is 10.4 Å². The molecule has 0 bridgehead atoms. The molecule has 1 aromatic carbocycles. The predicted molar refractivity (Wildman–Crippen MR) is 207 cm³/mol. The number of rotatable bonds is 12. The Hall–Kier alpha value is -4.33. The summed E-state index contributed by atoms with van der Waals surface area (Å²) >= 11 is 1.27. The first-order valence-corrected chi connectivity index (χ1v) is 19.7. The van der Waals surface area contributed by atoms with Gasteiger partial charge in [0.05, 0.1) is 17.5 Å². The average Bonchev–Trinajstić information content (AvgIpc) is 3.41. The number of hydrogen-bond donors (Lipinski definition) is 4. The zero-order valence-corrected chi connectivity index (χ0v) is 34.1. The van der Waals surface area contributed by atoms with Gasteiger partial charge in [-0.2, -0.15) is 0 Å². The quantitative estimate of drug-likeness (QED) is 0.233. The van der Waals surface area contributed by atoms with E-state index in [9.17, 15) is 28.8 Å². The number of Topliss-reactive ketones (excluding diaryl/α,β-unsaturated/α-hetero) is 1. The van der Waals surface area contributed by atoms with Crippen LogP contribution in [0.15, 0.2) is 30.3 Å². The van der Waals surface area contributed by atoms with Gasteiger partial charge in [-0.1, -0.05) is 84.2 Å². The number of urea groups is 1. The Morgan fingerprint density at radius 1 is 0.981 bits per heavy atom. The maximum atomic E-state index is 14.3. The average molecular weight is 764 g/mol. The number of aromatic nitrogens is 1. The van der Waals surface area contributed by atoms with Crippen molar-refractivity contribution >= 4 is 46.8 Å². The van der Waals surface area contributed by atoms with Crippen molar-refractivity contribution in [3.05, 3.63) is 41.0 Å². The van der Waals surface area contributed by atoms with E-state index in [1.807, 2.05) is 71.9 Å². The van der Waals surface area contributed by atoms with E-state index in [0.29, 0.717) is 22.9 Å². The summed E-state index contributed by atoms with van der Waals surface area (Å²) in [5, 5.41) is 11.8. The first-order chi connectivity index (χ1) is 25.1. The largest absolute Gasteiger partial charge is 0.344 e. The van der Waals surface area contributed by atoms with Gasteiger partial charge in [-0.3, -0.25) is 24.0 Å². The van der Waals surface area contributed by atoms with Crippen LogP contribution < -0.4 is 21.3 Å². The standard InChI is InChI=1S/C40H57N7O6S/c1-38(2,3)32(44-37(53)45-39(4,5)6)36(52)47-21-24-27(40(24,7)8)29(47)33(49)42-25(19-22-15-14-16-22)30(48)34(50)41-20-26-43-28(35(51)46(9)10)31(54-26)23-17-12-11-13-18-23/h11-13,17-18,22,24-25,27,29,32H,14-16,19-21H2,1-10H3,(H,41,50)(H,42,49)(H2,44,45,53)/t24-,25-,27-,29-,32+/m0/s1. The normalized spacial score (nSPS) is 21.5. The van der Waals surface area contributed by atoms with Gasteiger partial charge in [0.1, 0.15) is 22.8 Å². The lowest BCUT2D eigenvalue weighted by atomic mass is 9.80. The van der Waals surface area contributed by atoms with Gasteiger partial charge < -0.3 is 31.1 Å². The Morgan fingerprint density at radius 2 is 1.63 bits per heavy atom. The first kappa shape index (κ1) is 40.8. The molecule has 0 unspecified atom stereocenters. The van der Waals surface area contributed by atoms with Crippen molar-refractivity contribution in [2.45, 2.75) is 111 Å². The van der Waals surface area contributed by atoms with E-state index in [1.54, 1.807) is 19.0 Å². The molecule has 1 aliphatic heterocycles. The molecule has 0 radical (unpaired) electrons. The van der Waals surface area contributed by atoms with E-state index in [-0.39, 0.29) is 47.2 Å². The minimum atomic E-state index is -1.09. The van der Waals surface area contributed by atoms with Gasteiger partial charge >= 0.3 is 6.03 Å². The van der Waals surface area contributed by atoms with Gasteiger partial charge in [-0.05, 0) is 61.3 Å². The zero-order valence-electron chi connectivity index (χ0n) is 33.3. The molecule has 14 heteroatoms. The summed E-state index contributed by atoms with van der Waals surface area (Å²) < 4.78 is 0. The lowest BCUT2D eigenvalue weighted by Gasteiger charge is -2.38. The van der Waals surface area contributed by atoms with Crippen LogP contribution in [-0.2, 0) is 25.7 Å². The minimum absolute atomic E-state index is 0.0767. The maximum Gasteiger partial charge on any atom is 0.315 e. The Labute approximate surface area is 322 Å². The van der Waals surface area contributed by atoms with Crippen LogP contribution in [0.5, 0.6) is 0 Å². The summed E-state index contributed by atoms with van der Waals surface area (Å²) in [6, 6.07) is 6.03. The number of hydrogen-bond acceptors (Lipinski definition) is 8. The molecular formula is C40H57N7O6S. The maximum absolute atomic E-state index is 14.3. The minimum Gasteiger partial charge on any atom is -0.344 e. The van der Waals surface area contributed by atoms with Gasteiger partial charge in [-0.15, -0.1) is 11.3 Å². The summed E-state index contributed by atoms with van der Waals surface area (Å²) in [7, 11) is 3.29. The number of thiazole rings is 1. The molecule has 2 aromatic rings. The number of carbonyl (C=O) groups is 6. The van der Waals surface area contributed by atoms with Crippen molar-refractivity contribution in [1.29, 1.82) is 0 Å². The number of nitrogens with one attached hydrogen (secondary N) is 4. The van der Waals surface area contributed by atoms with Crippen LogP contribution in [-0.4, -0.2) is 94.5 Å². The van der Waals surface area contributed by atoms with E-state index in [2.05, 4.69) is 40.1 Å². The first-order valence-electron chi connectivity index (χ1n) is 18.9. The SMILES string of the molecule is CN(C)C(=O)c1nc(CNC(=O)C(=O)[C@H](CC2CCC2)NC(=O)[C@@H]2[C@@H]3[C@H](CN2C(=O)[C@@H](NC(=O)NC(C)(C)C)C(C)(C)C)C3(C)C)sc1-c1ccccc1. The van der Waals surface area contributed by atoms with Crippen LogP contribution in [0.3, 0.4) is 0 Å². The molecule has 4 N–H and O–H groups in total. The van der Waals surface area contributed by atoms with Gasteiger partial charge in [-0.25, -0.2) is 9.78 Å². The van der Waals surface area contributed by atoms with E-state index < -0.39 is 52.7 Å². The van der Waals surface area contributed by atoms with E-state index >= 15 is 0 Å². The summed E-state index contributed by atoms with van der Waals surface area (Å²) in [6.07, 6.45) is 3.12. The second-order valence-electron chi connectivity index (χ2n) is 18.0. The Balaban J connectivity index is 1.33. The number of nitrogens with zero attached hydrogens (tertiary/aromatic N) is 3. The van der Waals surface area contributed by atoms with Crippen LogP contribution in [0.2, 0.25) is 0 Å². The highest BCUT2D eigenvalue weighted by Gasteiger charge is 2.70. The van der Waals surface area contributed by atoms with Gasteiger partial charge in [0.25, 0.3) is 11.8 Å². The fourth-order valence-corrected chi connectivity index (χ4v) is 8.67. The molecule has 13 nitrogen and oxygen atoms in total. The Morgan fingerprint density at radius 3 is 2.19 bits per heavy atom. The molecule has 6 amide bonds. The monoisotopic (exact) mass is 763 g/mol. The molecule has 294 valence electrons. The second kappa shape index (κ2) is 15.4. The number of piperidine rings is 1. The van der Waals surface area contributed by atoms with Crippen molar-refractivity contribution in [2.75, 3.05) is 20.6 Å². The van der Waals surface area contributed by atoms with Crippen LogP contribution in [0.4, 0.5) is 4.79 Å². The van der Waals surface area contributed by atoms with Crippen LogP contribution in [0, 0.1) is 28.6 Å². The number of ketones is 1. The molecule has 0 spiro atoms. The molecule has 3 aliphatic rings. The predicted octanol–water partition coefficient (Wildman–Crippen LogP) is 4.37. The Bertz CT molecular complexity index is 1770. The van der Waals surface area contributed by atoms with E-state index in [1.165, 1.54) is 16.2 Å². The number of benzene rings is 1. The molecule has 5 atom stereocenters. The van der Waals surface area contributed by atoms with Crippen molar-refractivity contribution in [2.24, 2.45) is 28.6 Å². The third-order valence-corrected chi connectivity index (χ3v) is 12.1. The van der Waals surface area contributed by atoms with Crippen LogP contribution in [0.1, 0.15) is 96.6 Å². The highest BCUT2D eigenvalue weighted by atomic mass is 32.1. The Kier molecular flexibility index (Phi) is 11.7. The molecule has 2 saturated carbocycles. The van der Waals surface area contributed by atoms with Gasteiger partial charge in [0.15, 0.2) is 0 Å². The van der Waals surface area contributed by atoms with Crippen LogP contribution >= 0.6 is 11.3 Å². The van der Waals surface area contributed by atoms with E-state index in [0.717, 1.165) is 24.8 Å². The molecule has 3 fully saturated rings. The van der Waals surface area contributed by atoms with E-state index in [4.69, 9.17) is 0 Å². The molecule has 2 heterocycles. The fourth-order valence-electron chi connectivity index (χ4n) is 7.67. The molecular weight excluding hydrogens is 707 g/mol. The smallest absolute Gasteiger partial charge is 0.315 e. The summed E-state index contributed by atoms with van der Waals surface area (Å²) in [4.78, 5) is 90.1. The van der Waals surface area contributed by atoms with Gasteiger partial charge in [0.2, 0.25) is 17.6 Å². The summed E-state index contributed by atoms with van der Waals surface area (Å²) in [5.41, 5.74) is -0.314. The molecule has 1 saturated heterocycles. The third kappa shape index (κ3) is 8.96. The highest BCUT2D eigenvalue weighted by Crippen LogP contribution is 2.65. The topological polar surface area (TPSA) is 170 Å². The molecule has 2 aliphatic carbocycles. The highest BCUT2D eigenvalue weighted by molar-refractivity contribution is 7.15. The molecule has 54 heavy (non-hydrogen) atoms. The molecule has 1 aromatic heterocycles. The number of amides is 6. The molecule has 5 rings (SSSR count). The van der Waals surface area contributed by atoms with Crippen molar-refractivity contribution in [1.82, 2.24) is 36.1 Å². The number of fused-ring (bicyclic) bond motifs is 1.